The van der Waals surface area contributed by atoms with Gasteiger partial charge in [-0.2, -0.15) is 0 Å². The van der Waals surface area contributed by atoms with Crippen LogP contribution < -0.4 is 9.47 Å². The van der Waals surface area contributed by atoms with E-state index in [4.69, 9.17) is 18.9 Å². The number of benzene rings is 2. The molecule has 8 nitrogen and oxygen atoms in total. The molecule has 186 valence electrons. The van der Waals surface area contributed by atoms with E-state index in [0.29, 0.717) is 11.5 Å². The molecule has 0 heterocycles. The second-order valence-electron chi connectivity index (χ2n) is 7.92. The van der Waals surface area contributed by atoms with E-state index in [1.165, 1.54) is 0 Å². The van der Waals surface area contributed by atoms with Crippen LogP contribution in [0.1, 0.15) is 30.4 Å². The van der Waals surface area contributed by atoms with Gasteiger partial charge >= 0.3 is 11.9 Å². The molecule has 0 aromatic heterocycles. The zero-order valence-corrected chi connectivity index (χ0v) is 20.0. The van der Waals surface area contributed by atoms with Crippen LogP contribution in [0, 0.1) is 13.8 Å². The zero-order valence-electron chi connectivity index (χ0n) is 20.0. The summed E-state index contributed by atoms with van der Waals surface area (Å²) < 4.78 is 20.7. The molecule has 2 aromatic carbocycles. The van der Waals surface area contributed by atoms with Crippen LogP contribution in [0.5, 0.6) is 11.5 Å². The molecule has 0 saturated carbocycles. The first-order valence-corrected chi connectivity index (χ1v) is 11.2. The second kappa shape index (κ2) is 14.3. The normalized spacial score (nSPS) is 10.2. The van der Waals surface area contributed by atoms with Crippen LogP contribution in [0.2, 0.25) is 0 Å². The van der Waals surface area contributed by atoms with E-state index in [2.05, 4.69) is 6.58 Å². The van der Waals surface area contributed by atoms with Crippen LogP contribution in [0.3, 0.4) is 0 Å². The Hall–Kier alpha value is -3.94. The van der Waals surface area contributed by atoms with Crippen LogP contribution in [0.25, 0.3) is 0 Å². The lowest BCUT2D eigenvalue weighted by Crippen LogP contribution is -2.20. The van der Waals surface area contributed by atoms with Crippen molar-refractivity contribution in [2.45, 2.75) is 33.1 Å². The van der Waals surface area contributed by atoms with Crippen LogP contribution in [-0.2, 0) is 28.7 Å². The number of ether oxygens (including phenoxy) is 4. The standard InChI is InChI=1S/C27H30O8/c1-19-4-8-24(9-5-19)32-14-12-22(28)17-34-26(30)16-21(3)27(31)35-18-23(29)13-15-33-25-10-6-20(2)7-11-25/h4-11H,3,12-18H2,1-2H3. The highest BCUT2D eigenvalue weighted by atomic mass is 16.5. The molecule has 0 atom stereocenters. The van der Waals surface area contributed by atoms with Crippen molar-refractivity contribution >= 4 is 23.5 Å². The van der Waals surface area contributed by atoms with Gasteiger partial charge in [-0.3, -0.25) is 14.4 Å². The van der Waals surface area contributed by atoms with Gasteiger partial charge in [0.25, 0.3) is 0 Å². The molecule has 0 unspecified atom stereocenters. The molecule has 8 heteroatoms. The summed E-state index contributed by atoms with van der Waals surface area (Å²) in [5, 5.41) is 0. The Balaban J connectivity index is 1.56. The van der Waals surface area contributed by atoms with Crippen molar-refractivity contribution in [2.24, 2.45) is 0 Å². The molecule has 2 aromatic rings. The van der Waals surface area contributed by atoms with Gasteiger partial charge in [0, 0.05) is 18.4 Å². The number of hydrogen-bond acceptors (Lipinski definition) is 8. The average Bonchev–Trinajstić information content (AvgIpc) is 2.83. The van der Waals surface area contributed by atoms with E-state index in [0.717, 1.165) is 11.1 Å². The smallest absolute Gasteiger partial charge is 0.334 e. The largest absolute Gasteiger partial charge is 0.493 e. The maximum absolute atomic E-state index is 11.9. The Morgan fingerprint density at radius 1 is 0.686 bits per heavy atom. The number of Topliss-reactive ketones (excluding diaryl/α,β-unsaturated/α-hetero) is 2. The topological polar surface area (TPSA) is 105 Å². The SMILES string of the molecule is C=C(CC(=O)OCC(=O)CCOc1ccc(C)cc1)C(=O)OCC(=O)CCOc1ccc(C)cc1. The van der Waals surface area contributed by atoms with Crippen LogP contribution in [-0.4, -0.2) is 49.9 Å². The molecule has 0 spiro atoms. The van der Waals surface area contributed by atoms with E-state index in [1.54, 1.807) is 24.3 Å². The number of carbonyl (C=O) groups is 4. The summed E-state index contributed by atoms with van der Waals surface area (Å²) in [7, 11) is 0. The third-order valence-electron chi connectivity index (χ3n) is 4.75. The molecule has 0 aliphatic heterocycles. The first kappa shape index (κ1) is 27.3. The monoisotopic (exact) mass is 482 g/mol. The number of ketones is 2. The number of carbonyl (C=O) groups excluding carboxylic acids is 4. The minimum atomic E-state index is -0.882. The highest BCUT2D eigenvalue weighted by molar-refractivity contribution is 5.95. The molecule has 0 saturated heterocycles. The van der Waals surface area contributed by atoms with Gasteiger partial charge in [0.2, 0.25) is 0 Å². The summed E-state index contributed by atoms with van der Waals surface area (Å²) in [6.07, 6.45) is -0.317. The van der Waals surface area contributed by atoms with Gasteiger partial charge in [0.15, 0.2) is 11.6 Å². The van der Waals surface area contributed by atoms with E-state index in [9.17, 15) is 19.2 Å². The molecule has 0 bridgehead atoms. The lowest BCUT2D eigenvalue weighted by atomic mass is 10.2. The highest BCUT2D eigenvalue weighted by Crippen LogP contribution is 2.12. The van der Waals surface area contributed by atoms with E-state index in [-0.39, 0.29) is 43.2 Å². The summed E-state index contributed by atoms with van der Waals surface area (Å²) in [6.45, 7) is 6.81. The third-order valence-corrected chi connectivity index (χ3v) is 4.75. The molecule has 0 amide bonds. The van der Waals surface area contributed by atoms with Crippen molar-refractivity contribution in [3.63, 3.8) is 0 Å². The number of esters is 2. The molecule has 0 radical (unpaired) electrons. The molecular weight excluding hydrogens is 452 g/mol. The van der Waals surface area contributed by atoms with Crippen LogP contribution in [0.4, 0.5) is 0 Å². The molecule has 0 aliphatic carbocycles. The van der Waals surface area contributed by atoms with Crippen molar-refractivity contribution < 1.29 is 38.1 Å². The van der Waals surface area contributed by atoms with Gasteiger partial charge < -0.3 is 18.9 Å². The maximum atomic E-state index is 11.9. The number of rotatable bonds is 15. The average molecular weight is 483 g/mol. The predicted octanol–water partition coefficient (Wildman–Crippen LogP) is 3.71. The summed E-state index contributed by atoms with van der Waals surface area (Å²) >= 11 is 0. The molecule has 0 fully saturated rings. The second-order valence-corrected chi connectivity index (χ2v) is 7.92. The fourth-order valence-electron chi connectivity index (χ4n) is 2.69. The van der Waals surface area contributed by atoms with Crippen molar-refractivity contribution in [3.05, 3.63) is 71.8 Å². The van der Waals surface area contributed by atoms with E-state index < -0.39 is 31.6 Å². The molecule has 0 aliphatic rings. The van der Waals surface area contributed by atoms with E-state index in [1.807, 2.05) is 38.1 Å². The molecule has 2 rings (SSSR count). The Kier molecular flexibility index (Phi) is 11.2. The maximum Gasteiger partial charge on any atom is 0.334 e. The van der Waals surface area contributed by atoms with Crippen molar-refractivity contribution in [1.29, 1.82) is 0 Å². The Morgan fingerprint density at radius 2 is 1.11 bits per heavy atom. The third kappa shape index (κ3) is 11.2. The zero-order chi connectivity index (χ0) is 25.6. The first-order valence-electron chi connectivity index (χ1n) is 11.2. The lowest BCUT2D eigenvalue weighted by Gasteiger charge is -2.09. The summed E-state index contributed by atoms with van der Waals surface area (Å²) in [5.74, 6) is -1.04. The van der Waals surface area contributed by atoms with Crippen LogP contribution in [0.15, 0.2) is 60.7 Å². The van der Waals surface area contributed by atoms with Crippen molar-refractivity contribution in [1.82, 2.24) is 0 Å². The minimum Gasteiger partial charge on any atom is -0.493 e. The van der Waals surface area contributed by atoms with Gasteiger partial charge in [-0.1, -0.05) is 42.0 Å². The van der Waals surface area contributed by atoms with Gasteiger partial charge in [-0.25, -0.2) is 4.79 Å². The lowest BCUT2D eigenvalue weighted by molar-refractivity contribution is -0.149. The number of aryl methyl sites for hydroxylation is 2. The molecule has 35 heavy (non-hydrogen) atoms. The van der Waals surface area contributed by atoms with E-state index >= 15 is 0 Å². The fourth-order valence-corrected chi connectivity index (χ4v) is 2.69. The van der Waals surface area contributed by atoms with Crippen molar-refractivity contribution in [2.75, 3.05) is 26.4 Å². The Morgan fingerprint density at radius 3 is 1.57 bits per heavy atom. The summed E-state index contributed by atoms with van der Waals surface area (Å²) in [6, 6.07) is 14.8. The Bertz CT molecular complexity index is 1020. The fraction of sp³-hybridized carbons (Fsp3) is 0.333. The van der Waals surface area contributed by atoms with Crippen molar-refractivity contribution in [3.8, 4) is 11.5 Å². The highest BCUT2D eigenvalue weighted by Gasteiger charge is 2.17. The number of hydrogen-bond donors (Lipinski definition) is 0. The van der Waals surface area contributed by atoms with Gasteiger partial charge in [-0.15, -0.1) is 0 Å². The first-order chi connectivity index (χ1) is 16.7. The summed E-state index contributed by atoms with van der Waals surface area (Å²) in [5.41, 5.74) is 2.02. The summed E-state index contributed by atoms with van der Waals surface area (Å²) in [4.78, 5) is 47.6. The predicted molar refractivity (Wildman–Crippen MR) is 128 cm³/mol. The molecule has 0 N–H and O–H groups in total. The Labute approximate surface area is 204 Å². The quantitative estimate of drug-likeness (QED) is 0.279. The van der Waals surface area contributed by atoms with Gasteiger partial charge in [0.05, 0.1) is 19.6 Å². The van der Waals surface area contributed by atoms with Gasteiger partial charge in [-0.05, 0) is 38.1 Å². The van der Waals surface area contributed by atoms with Gasteiger partial charge in [0.1, 0.15) is 24.7 Å². The van der Waals surface area contributed by atoms with Crippen LogP contribution >= 0.6 is 0 Å². The molecular formula is C27H30O8. The minimum absolute atomic E-state index is 0.0609.